The van der Waals surface area contributed by atoms with E-state index in [0.29, 0.717) is 24.1 Å². The van der Waals surface area contributed by atoms with Crippen LogP contribution in [0.4, 0.5) is 0 Å². The number of hydrogen-bond acceptors (Lipinski definition) is 7. The molecule has 0 aliphatic heterocycles. The maximum atomic E-state index is 5.80. The van der Waals surface area contributed by atoms with Crippen LogP contribution in [0.2, 0.25) is 0 Å². The number of furan rings is 1. The lowest BCUT2D eigenvalue weighted by Crippen LogP contribution is -2.00. The van der Waals surface area contributed by atoms with E-state index in [1.165, 1.54) is 11.8 Å². The molecule has 1 aromatic carbocycles. The van der Waals surface area contributed by atoms with Gasteiger partial charge in [0.05, 0.1) is 23.1 Å². The molecule has 0 atom stereocenters. The molecule has 0 amide bonds. The van der Waals surface area contributed by atoms with Crippen molar-refractivity contribution in [3.63, 3.8) is 0 Å². The third-order valence-corrected chi connectivity index (χ3v) is 5.67. The highest BCUT2D eigenvalue weighted by Gasteiger charge is 2.18. The highest BCUT2D eigenvalue weighted by Crippen LogP contribution is 2.30. The van der Waals surface area contributed by atoms with Gasteiger partial charge in [0.15, 0.2) is 11.0 Å². The number of benzene rings is 1. The van der Waals surface area contributed by atoms with E-state index in [0.717, 1.165) is 32.3 Å². The molecule has 0 spiro atoms. The van der Waals surface area contributed by atoms with Gasteiger partial charge >= 0.3 is 0 Å². The Labute approximate surface area is 174 Å². The van der Waals surface area contributed by atoms with E-state index in [2.05, 4.69) is 42.9 Å². The fourth-order valence-corrected chi connectivity index (χ4v) is 3.93. The van der Waals surface area contributed by atoms with Gasteiger partial charge in [0.2, 0.25) is 11.8 Å². The SMILES string of the molecule is C=CCn1c(SCc2nnc(-c3ccccc3Br)o2)nnc1-c1ccoc1C. The third kappa shape index (κ3) is 3.67. The predicted molar refractivity (Wildman–Crippen MR) is 110 cm³/mol. The molecule has 4 rings (SSSR count). The van der Waals surface area contributed by atoms with Crippen LogP contribution in [0.3, 0.4) is 0 Å². The second-order valence-electron chi connectivity index (χ2n) is 5.87. The van der Waals surface area contributed by atoms with E-state index in [9.17, 15) is 0 Å². The molecule has 0 saturated heterocycles. The Morgan fingerprint density at radius 3 is 2.75 bits per heavy atom. The number of aromatic nitrogens is 5. The molecule has 9 heteroatoms. The lowest BCUT2D eigenvalue weighted by Gasteiger charge is -2.06. The van der Waals surface area contributed by atoms with Crippen LogP contribution in [-0.4, -0.2) is 25.0 Å². The van der Waals surface area contributed by atoms with Crippen molar-refractivity contribution in [1.82, 2.24) is 25.0 Å². The molecule has 0 aliphatic rings. The molecule has 0 unspecified atom stereocenters. The topological polar surface area (TPSA) is 82.8 Å². The first kappa shape index (κ1) is 18.7. The zero-order chi connectivity index (χ0) is 19.5. The maximum absolute atomic E-state index is 5.80. The zero-order valence-corrected chi connectivity index (χ0v) is 17.4. The largest absolute Gasteiger partial charge is 0.469 e. The van der Waals surface area contributed by atoms with Crippen LogP contribution in [0.25, 0.3) is 22.8 Å². The number of rotatable bonds is 7. The summed E-state index contributed by atoms with van der Waals surface area (Å²) in [5.41, 5.74) is 1.77. The fraction of sp³-hybridized carbons (Fsp3) is 0.158. The van der Waals surface area contributed by atoms with Gasteiger partial charge in [-0.25, -0.2) is 0 Å². The fourth-order valence-electron chi connectivity index (χ4n) is 2.69. The molecule has 142 valence electrons. The van der Waals surface area contributed by atoms with Gasteiger partial charge in [0, 0.05) is 11.0 Å². The molecular formula is C19H16BrN5O2S. The van der Waals surface area contributed by atoms with Crippen molar-refractivity contribution in [2.75, 3.05) is 0 Å². The standard InChI is InChI=1S/C19H16BrN5O2S/c1-3-9-25-17(13-8-10-26-12(13)2)22-24-19(25)28-11-16-21-23-18(27-16)14-6-4-5-7-15(14)20/h3-8,10H,1,9,11H2,2H3. The Morgan fingerprint density at radius 2 is 2.00 bits per heavy atom. The van der Waals surface area contributed by atoms with E-state index in [1.54, 1.807) is 6.26 Å². The first-order chi connectivity index (χ1) is 13.7. The Balaban J connectivity index is 1.54. The molecular weight excluding hydrogens is 442 g/mol. The summed E-state index contributed by atoms with van der Waals surface area (Å²) in [6, 6.07) is 9.61. The third-order valence-electron chi connectivity index (χ3n) is 4.02. The van der Waals surface area contributed by atoms with Gasteiger partial charge in [-0.05, 0) is 41.1 Å². The molecule has 0 saturated carbocycles. The zero-order valence-electron chi connectivity index (χ0n) is 15.0. The Morgan fingerprint density at radius 1 is 1.14 bits per heavy atom. The van der Waals surface area contributed by atoms with Gasteiger partial charge in [0.25, 0.3) is 0 Å². The van der Waals surface area contributed by atoms with Crippen LogP contribution in [0.5, 0.6) is 0 Å². The highest BCUT2D eigenvalue weighted by molar-refractivity contribution is 9.10. The monoisotopic (exact) mass is 457 g/mol. The number of allylic oxidation sites excluding steroid dienone is 1. The summed E-state index contributed by atoms with van der Waals surface area (Å²) < 4.78 is 14.1. The summed E-state index contributed by atoms with van der Waals surface area (Å²) in [6.07, 6.45) is 3.45. The Kier molecular flexibility index (Phi) is 5.45. The Bertz CT molecular complexity index is 1120. The summed E-state index contributed by atoms with van der Waals surface area (Å²) in [4.78, 5) is 0. The maximum Gasteiger partial charge on any atom is 0.248 e. The van der Waals surface area contributed by atoms with Crippen molar-refractivity contribution < 1.29 is 8.83 Å². The van der Waals surface area contributed by atoms with Crippen LogP contribution in [-0.2, 0) is 12.3 Å². The number of nitrogens with zero attached hydrogens (tertiary/aromatic N) is 5. The number of thioether (sulfide) groups is 1. The predicted octanol–water partition coefficient (Wildman–Crippen LogP) is 5.14. The lowest BCUT2D eigenvalue weighted by atomic mass is 10.2. The lowest BCUT2D eigenvalue weighted by molar-refractivity contribution is 0.527. The van der Waals surface area contributed by atoms with E-state index >= 15 is 0 Å². The minimum absolute atomic E-state index is 0.477. The van der Waals surface area contributed by atoms with E-state index in [1.807, 2.05) is 47.9 Å². The summed E-state index contributed by atoms with van der Waals surface area (Å²) in [5.74, 6) is 3.02. The van der Waals surface area contributed by atoms with Gasteiger partial charge in [-0.3, -0.25) is 4.57 Å². The van der Waals surface area contributed by atoms with Crippen molar-refractivity contribution in [3.8, 4) is 22.8 Å². The van der Waals surface area contributed by atoms with Crippen molar-refractivity contribution in [2.24, 2.45) is 0 Å². The van der Waals surface area contributed by atoms with Crippen LogP contribution in [0, 0.1) is 6.92 Å². The quantitative estimate of drug-likeness (QED) is 0.280. The first-order valence-corrected chi connectivity index (χ1v) is 10.2. The van der Waals surface area contributed by atoms with Crippen LogP contribution in [0.1, 0.15) is 11.7 Å². The molecule has 4 aromatic rings. The summed E-state index contributed by atoms with van der Waals surface area (Å²) in [5, 5.41) is 17.7. The Hall–Kier alpha value is -2.65. The first-order valence-electron chi connectivity index (χ1n) is 8.46. The average molecular weight is 458 g/mol. The van der Waals surface area contributed by atoms with Crippen molar-refractivity contribution >= 4 is 27.7 Å². The van der Waals surface area contributed by atoms with Gasteiger partial charge < -0.3 is 8.83 Å². The van der Waals surface area contributed by atoms with Crippen LogP contribution < -0.4 is 0 Å². The number of aryl methyl sites for hydroxylation is 1. The van der Waals surface area contributed by atoms with E-state index in [4.69, 9.17) is 8.83 Å². The molecule has 3 heterocycles. The number of hydrogen-bond donors (Lipinski definition) is 0. The average Bonchev–Trinajstić information content (AvgIpc) is 3.41. The number of halogens is 1. The van der Waals surface area contributed by atoms with E-state index < -0.39 is 0 Å². The van der Waals surface area contributed by atoms with Gasteiger partial charge in [0.1, 0.15) is 5.76 Å². The second kappa shape index (κ2) is 8.15. The van der Waals surface area contributed by atoms with Crippen LogP contribution >= 0.6 is 27.7 Å². The molecule has 0 bridgehead atoms. The van der Waals surface area contributed by atoms with Crippen LogP contribution in [0.15, 0.2) is 67.7 Å². The molecule has 3 aromatic heterocycles. The normalized spacial score (nSPS) is 11.1. The van der Waals surface area contributed by atoms with Crippen molar-refractivity contribution in [2.45, 2.75) is 24.4 Å². The minimum Gasteiger partial charge on any atom is -0.469 e. The summed E-state index contributed by atoms with van der Waals surface area (Å²) in [6.45, 7) is 6.31. The van der Waals surface area contributed by atoms with Gasteiger partial charge in [-0.2, -0.15) is 0 Å². The molecule has 28 heavy (non-hydrogen) atoms. The molecule has 0 aliphatic carbocycles. The highest BCUT2D eigenvalue weighted by atomic mass is 79.9. The summed E-state index contributed by atoms with van der Waals surface area (Å²) in [7, 11) is 0. The molecule has 7 nitrogen and oxygen atoms in total. The van der Waals surface area contributed by atoms with E-state index in [-0.39, 0.29) is 0 Å². The van der Waals surface area contributed by atoms with Gasteiger partial charge in [-0.15, -0.1) is 27.0 Å². The summed E-state index contributed by atoms with van der Waals surface area (Å²) >= 11 is 4.98. The second-order valence-corrected chi connectivity index (χ2v) is 7.66. The molecule has 0 N–H and O–H groups in total. The van der Waals surface area contributed by atoms with Gasteiger partial charge in [-0.1, -0.05) is 30.0 Å². The molecule has 0 fully saturated rings. The van der Waals surface area contributed by atoms with Crippen molar-refractivity contribution in [1.29, 1.82) is 0 Å². The molecule has 0 radical (unpaired) electrons. The smallest absolute Gasteiger partial charge is 0.248 e. The van der Waals surface area contributed by atoms with Crippen molar-refractivity contribution in [3.05, 3.63) is 65.4 Å². The minimum atomic E-state index is 0.477.